The van der Waals surface area contributed by atoms with Gasteiger partial charge in [0.1, 0.15) is 0 Å². The second-order valence-corrected chi connectivity index (χ2v) is 29.6. The molecule has 0 radical (unpaired) electrons. The van der Waals surface area contributed by atoms with Crippen molar-refractivity contribution < 1.29 is 0 Å². The van der Waals surface area contributed by atoms with Gasteiger partial charge in [-0.15, -0.1) is 11.3 Å². The maximum Gasteiger partial charge on any atom is 0.264 e. The van der Waals surface area contributed by atoms with Crippen LogP contribution in [0.4, 0.5) is 34.1 Å². The van der Waals surface area contributed by atoms with Crippen molar-refractivity contribution in [2.45, 2.75) is 212 Å². The van der Waals surface area contributed by atoms with Crippen LogP contribution in [-0.4, -0.2) is 6.71 Å². The minimum absolute atomic E-state index is 0.0745. The summed E-state index contributed by atoms with van der Waals surface area (Å²) in [6, 6.07) is 31.2. The molecular formula is C65H79BN2S. The predicted octanol–water partition coefficient (Wildman–Crippen LogP) is 16.7. The van der Waals surface area contributed by atoms with E-state index in [2.05, 4.69) is 212 Å². The molecule has 0 fully saturated rings. The van der Waals surface area contributed by atoms with Crippen LogP contribution in [0.2, 0.25) is 0 Å². The van der Waals surface area contributed by atoms with Gasteiger partial charge in [0.25, 0.3) is 6.71 Å². The van der Waals surface area contributed by atoms with E-state index < -0.39 is 0 Å². The molecule has 0 unspecified atom stereocenters. The molecule has 6 aliphatic rings. The molecule has 0 saturated heterocycles. The molecule has 2 aliphatic heterocycles. The number of anilines is 6. The van der Waals surface area contributed by atoms with Crippen LogP contribution in [-0.2, 0) is 43.3 Å². The van der Waals surface area contributed by atoms with E-state index in [1.54, 1.807) is 16.7 Å². The van der Waals surface area contributed by atoms with Crippen molar-refractivity contribution in [3.8, 4) is 0 Å². The smallest absolute Gasteiger partial charge is 0.264 e. The highest BCUT2D eigenvalue weighted by Gasteiger charge is 2.50. The van der Waals surface area contributed by atoms with Gasteiger partial charge >= 0.3 is 0 Å². The molecule has 3 heterocycles. The summed E-state index contributed by atoms with van der Waals surface area (Å²) in [5, 5.41) is 1.42. The number of rotatable bonds is 2. The summed E-state index contributed by atoms with van der Waals surface area (Å²) < 4.78 is 2.93. The third kappa shape index (κ3) is 6.47. The highest BCUT2D eigenvalue weighted by Crippen LogP contribution is 2.56. The van der Waals surface area contributed by atoms with Crippen molar-refractivity contribution >= 4 is 78.0 Å². The number of aryl methyl sites for hydroxylation is 1. The quantitative estimate of drug-likeness (QED) is 0.159. The molecule has 0 atom stereocenters. The number of fused-ring (bicyclic) bond motifs is 10. The zero-order chi connectivity index (χ0) is 49.1. The minimum Gasteiger partial charge on any atom is -0.311 e. The Morgan fingerprint density at radius 2 is 0.768 bits per heavy atom. The molecule has 2 nitrogen and oxygen atoms in total. The molecular weight excluding hydrogens is 852 g/mol. The van der Waals surface area contributed by atoms with Gasteiger partial charge in [0.05, 0.1) is 5.69 Å². The van der Waals surface area contributed by atoms with Crippen molar-refractivity contribution in [2.75, 3.05) is 9.80 Å². The molecule has 4 heteroatoms. The van der Waals surface area contributed by atoms with Gasteiger partial charge in [-0.2, -0.15) is 0 Å². The molecule has 0 amide bonds. The molecule has 5 aromatic carbocycles. The fourth-order valence-electron chi connectivity index (χ4n) is 14.7. The predicted molar refractivity (Wildman–Crippen MR) is 302 cm³/mol. The first-order valence-corrected chi connectivity index (χ1v) is 27.7. The SMILES string of the molecule is Cc1cc2c3c(c1)N(c1ccc4c(c1)C(C)(C)CCC4(C)C)c1c(sc4cc5c(cc14)C(C)(C)CCC5(C)C)B3c1cc3c(cc1N2c1ccc2c(c1)C(C)(C)CCC2(C)C)C(C)(C)CCC3(C)C. The molecule has 0 saturated carbocycles. The molecule has 1 aromatic heterocycles. The molecule has 12 rings (SSSR count). The maximum atomic E-state index is 2.77. The molecule has 0 N–H and O–H groups in total. The van der Waals surface area contributed by atoms with Crippen LogP contribution in [0.5, 0.6) is 0 Å². The third-order valence-electron chi connectivity index (χ3n) is 19.9. The van der Waals surface area contributed by atoms with Crippen LogP contribution in [0.25, 0.3) is 10.1 Å². The Morgan fingerprint density at radius 1 is 0.391 bits per heavy atom. The topological polar surface area (TPSA) is 6.48 Å². The lowest BCUT2D eigenvalue weighted by atomic mass is 9.35. The number of hydrogen-bond acceptors (Lipinski definition) is 3. The van der Waals surface area contributed by atoms with Crippen LogP contribution in [0.15, 0.2) is 72.8 Å². The summed E-state index contributed by atoms with van der Waals surface area (Å²) in [7, 11) is 0. The Kier molecular flexibility index (Phi) is 9.31. The van der Waals surface area contributed by atoms with E-state index >= 15 is 0 Å². The van der Waals surface area contributed by atoms with Crippen LogP contribution in [0.3, 0.4) is 0 Å². The van der Waals surface area contributed by atoms with Crippen molar-refractivity contribution in [2.24, 2.45) is 0 Å². The van der Waals surface area contributed by atoms with Crippen molar-refractivity contribution in [1.82, 2.24) is 0 Å². The summed E-state index contributed by atoms with van der Waals surface area (Å²) >= 11 is 2.10. The minimum atomic E-state index is 0.0745. The van der Waals surface area contributed by atoms with Gasteiger partial charge in [-0.3, -0.25) is 0 Å². The third-order valence-corrected chi connectivity index (χ3v) is 21.1. The van der Waals surface area contributed by atoms with Gasteiger partial charge < -0.3 is 9.80 Å². The summed E-state index contributed by atoms with van der Waals surface area (Å²) in [6.07, 6.45) is 9.62. The highest BCUT2D eigenvalue weighted by molar-refractivity contribution is 7.33. The zero-order valence-electron chi connectivity index (χ0n) is 45.5. The van der Waals surface area contributed by atoms with E-state index in [1.807, 2.05) is 0 Å². The van der Waals surface area contributed by atoms with Crippen LogP contribution in [0, 0.1) is 6.92 Å². The Balaban J connectivity index is 1.22. The first kappa shape index (κ1) is 45.8. The lowest BCUT2D eigenvalue weighted by molar-refractivity contribution is 0.332. The first-order valence-electron chi connectivity index (χ1n) is 26.9. The number of thiophene rings is 1. The van der Waals surface area contributed by atoms with E-state index in [4.69, 9.17) is 0 Å². The van der Waals surface area contributed by atoms with Gasteiger partial charge in [-0.05, 0) is 217 Å². The monoisotopic (exact) mass is 931 g/mol. The Hall–Kier alpha value is -4.28. The number of nitrogens with zero attached hydrogens (tertiary/aromatic N) is 2. The fourth-order valence-corrected chi connectivity index (χ4v) is 16.1. The standard InChI is InChI=1S/C65H79BN2S/c1-38-30-52-55-53(31-38)68(40-19-21-43-45(33-40)61(8,9)25-23-59(43,4)5)56-41-34-46-49(65(16,17)29-26-62(46,10)11)37-54(41)69-57(56)66(55)50-35-47-48(64(14,15)28-27-63(47,12)13)36-51(50)67(52)39-18-20-42-44(32-39)60(6,7)24-22-58(42,2)3/h18-21,30-37H,22-29H2,1-17H3. The lowest BCUT2D eigenvalue weighted by Gasteiger charge is -2.48. The Morgan fingerprint density at radius 3 is 1.25 bits per heavy atom. The summed E-state index contributed by atoms with van der Waals surface area (Å²) in [4.78, 5) is 5.52. The fraction of sp³-hybridized carbons (Fsp3) is 0.508. The Labute approximate surface area is 420 Å². The normalized spacial score (nSPS) is 22.9. The highest BCUT2D eigenvalue weighted by atomic mass is 32.1. The summed E-state index contributed by atoms with van der Waals surface area (Å²) in [6.45, 7) is 42.3. The average Bonchev–Trinajstić information content (AvgIpc) is 3.64. The second-order valence-electron chi connectivity index (χ2n) is 28.5. The Bertz CT molecular complexity index is 3220. The first-order chi connectivity index (χ1) is 32.0. The van der Waals surface area contributed by atoms with Gasteiger partial charge in [-0.1, -0.05) is 129 Å². The number of hydrogen-bond donors (Lipinski definition) is 0. The van der Waals surface area contributed by atoms with E-state index in [0.717, 1.165) is 0 Å². The molecule has 0 bridgehead atoms. The summed E-state index contributed by atoms with van der Waals surface area (Å²) in [5.74, 6) is 0. The van der Waals surface area contributed by atoms with E-state index in [1.165, 1.54) is 145 Å². The van der Waals surface area contributed by atoms with Gasteiger partial charge in [0.2, 0.25) is 0 Å². The van der Waals surface area contributed by atoms with E-state index in [9.17, 15) is 0 Å². The van der Waals surface area contributed by atoms with Crippen molar-refractivity contribution in [3.05, 3.63) is 123 Å². The molecule has 69 heavy (non-hydrogen) atoms. The van der Waals surface area contributed by atoms with E-state index in [0.29, 0.717) is 0 Å². The largest absolute Gasteiger partial charge is 0.311 e. The number of benzene rings is 5. The van der Waals surface area contributed by atoms with Gasteiger partial charge in [0, 0.05) is 43.3 Å². The molecule has 358 valence electrons. The average molecular weight is 931 g/mol. The van der Waals surface area contributed by atoms with Crippen LogP contribution >= 0.6 is 11.3 Å². The summed E-state index contributed by atoms with van der Waals surface area (Å²) in [5.41, 5.74) is 25.4. The molecule has 0 spiro atoms. The van der Waals surface area contributed by atoms with Gasteiger partial charge in [0.15, 0.2) is 0 Å². The van der Waals surface area contributed by atoms with E-state index in [-0.39, 0.29) is 50.0 Å². The van der Waals surface area contributed by atoms with Crippen molar-refractivity contribution in [3.63, 3.8) is 0 Å². The second kappa shape index (κ2) is 14.0. The maximum absolute atomic E-state index is 2.77. The van der Waals surface area contributed by atoms with Crippen LogP contribution < -0.4 is 25.5 Å². The lowest BCUT2D eigenvalue weighted by Crippen LogP contribution is -2.61. The van der Waals surface area contributed by atoms with Gasteiger partial charge in [-0.25, -0.2) is 0 Å². The van der Waals surface area contributed by atoms with Crippen LogP contribution in [0.1, 0.15) is 212 Å². The molecule has 4 aliphatic carbocycles. The van der Waals surface area contributed by atoms with Crippen molar-refractivity contribution in [1.29, 1.82) is 0 Å². The molecule has 6 aromatic rings. The zero-order valence-corrected chi connectivity index (χ0v) is 46.3.